The summed E-state index contributed by atoms with van der Waals surface area (Å²) in [6, 6.07) is 6.92. The van der Waals surface area contributed by atoms with Gasteiger partial charge in [0, 0.05) is 18.2 Å². The highest BCUT2D eigenvalue weighted by molar-refractivity contribution is 9.10. The lowest BCUT2D eigenvalue weighted by atomic mass is 9.92. The third-order valence-electron chi connectivity index (χ3n) is 3.82. The molecule has 1 saturated carbocycles. The van der Waals surface area contributed by atoms with Crippen LogP contribution in [0.15, 0.2) is 33.7 Å². The lowest BCUT2D eigenvalue weighted by molar-refractivity contribution is -0.0454. The first kappa shape index (κ1) is 13.7. The van der Waals surface area contributed by atoms with Crippen LogP contribution in [0.1, 0.15) is 31.7 Å². The van der Waals surface area contributed by atoms with Crippen LogP contribution in [-0.4, -0.2) is 15.7 Å². The van der Waals surface area contributed by atoms with Crippen molar-refractivity contribution < 1.29 is 8.78 Å². The quantitative estimate of drug-likeness (QED) is 0.787. The first-order valence-corrected chi connectivity index (χ1v) is 7.32. The highest BCUT2D eigenvalue weighted by Gasteiger charge is 2.36. The Morgan fingerprint density at radius 1 is 1.20 bits per heavy atom. The molecule has 0 N–H and O–H groups in total. The summed E-state index contributed by atoms with van der Waals surface area (Å²) in [5.74, 6) is -2.60. The minimum Gasteiger partial charge on any atom is -0.267 e. The van der Waals surface area contributed by atoms with Gasteiger partial charge in [0.25, 0.3) is 5.56 Å². The van der Waals surface area contributed by atoms with E-state index in [0.29, 0.717) is 9.99 Å². The second kappa shape index (κ2) is 4.91. The molecule has 1 aromatic heterocycles. The van der Waals surface area contributed by atoms with Crippen LogP contribution in [-0.2, 0) is 0 Å². The zero-order chi connectivity index (χ0) is 14.3. The highest BCUT2D eigenvalue weighted by Crippen LogP contribution is 2.37. The van der Waals surface area contributed by atoms with Gasteiger partial charge >= 0.3 is 0 Å². The van der Waals surface area contributed by atoms with E-state index in [4.69, 9.17) is 0 Å². The molecule has 0 bridgehead atoms. The molecule has 1 aromatic carbocycles. The van der Waals surface area contributed by atoms with Crippen molar-refractivity contribution in [3.05, 3.63) is 39.2 Å². The Hall–Kier alpha value is -1.30. The first-order chi connectivity index (χ1) is 9.48. The average molecular weight is 343 g/mol. The summed E-state index contributed by atoms with van der Waals surface area (Å²) < 4.78 is 28.4. The molecule has 106 valence electrons. The lowest BCUT2D eigenvalue weighted by Gasteiger charge is -2.28. The summed E-state index contributed by atoms with van der Waals surface area (Å²) >= 11 is 3.35. The fourth-order valence-corrected chi connectivity index (χ4v) is 3.20. The number of benzene rings is 1. The van der Waals surface area contributed by atoms with Gasteiger partial charge in [-0.25, -0.2) is 13.5 Å². The van der Waals surface area contributed by atoms with E-state index < -0.39 is 5.92 Å². The second-order valence-corrected chi connectivity index (χ2v) is 5.92. The predicted molar refractivity (Wildman–Crippen MR) is 76.2 cm³/mol. The van der Waals surface area contributed by atoms with E-state index in [-0.39, 0.29) is 37.3 Å². The third kappa shape index (κ3) is 2.37. The fraction of sp³-hybridized carbons (Fsp3) is 0.429. The largest absolute Gasteiger partial charge is 0.274 e. The zero-order valence-electron chi connectivity index (χ0n) is 10.7. The number of aromatic nitrogens is 2. The van der Waals surface area contributed by atoms with Crippen LogP contribution in [0.25, 0.3) is 10.8 Å². The molecular weight excluding hydrogens is 330 g/mol. The molecule has 20 heavy (non-hydrogen) atoms. The monoisotopic (exact) mass is 342 g/mol. The van der Waals surface area contributed by atoms with Crippen molar-refractivity contribution >= 4 is 26.7 Å². The van der Waals surface area contributed by atoms with Gasteiger partial charge in [0.1, 0.15) is 4.60 Å². The first-order valence-electron chi connectivity index (χ1n) is 6.53. The maximum absolute atomic E-state index is 13.2. The topological polar surface area (TPSA) is 34.9 Å². The van der Waals surface area contributed by atoms with Gasteiger partial charge in [-0.05, 0) is 34.8 Å². The maximum atomic E-state index is 13.2. The van der Waals surface area contributed by atoms with Crippen molar-refractivity contribution in [1.29, 1.82) is 0 Å². The molecular formula is C14H13BrF2N2O. The Labute approximate surface area is 122 Å². The Bertz CT molecular complexity index is 704. The summed E-state index contributed by atoms with van der Waals surface area (Å²) in [6.07, 6.45) is 0.196. The summed E-state index contributed by atoms with van der Waals surface area (Å²) in [5.41, 5.74) is -0.209. The van der Waals surface area contributed by atoms with Crippen LogP contribution in [0, 0.1) is 0 Å². The lowest BCUT2D eigenvalue weighted by Crippen LogP contribution is -2.33. The molecule has 0 unspecified atom stereocenters. The van der Waals surface area contributed by atoms with Crippen molar-refractivity contribution in [1.82, 2.24) is 9.78 Å². The highest BCUT2D eigenvalue weighted by atomic mass is 79.9. The molecule has 3 nitrogen and oxygen atoms in total. The molecule has 0 atom stereocenters. The van der Waals surface area contributed by atoms with E-state index in [1.165, 1.54) is 4.68 Å². The molecule has 1 aliphatic rings. The van der Waals surface area contributed by atoms with E-state index in [0.717, 1.165) is 5.39 Å². The van der Waals surface area contributed by atoms with Crippen molar-refractivity contribution in [2.45, 2.75) is 37.6 Å². The molecule has 0 amide bonds. The van der Waals surface area contributed by atoms with E-state index in [9.17, 15) is 13.6 Å². The van der Waals surface area contributed by atoms with Crippen molar-refractivity contribution in [2.24, 2.45) is 0 Å². The Morgan fingerprint density at radius 2 is 1.80 bits per heavy atom. The Morgan fingerprint density at radius 3 is 2.45 bits per heavy atom. The molecule has 3 rings (SSSR count). The summed E-state index contributed by atoms with van der Waals surface area (Å²) in [7, 11) is 0. The molecule has 0 aliphatic heterocycles. The molecule has 1 fully saturated rings. The Kier molecular flexibility index (Phi) is 3.36. The predicted octanol–water partition coefficient (Wildman–Crippen LogP) is 3.91. The summed E-state index contributed by atoms with van der Waals surface area (Å²) in [6.45, 7) is 0. The number of hydrogen-bond donors (Lipinski definition) is 0. The summed E-state index contributed by atoms with van der Waals surface area (Å²) in [5, 5.41) is 5.56. The third-order valence-corrected chi connectivity index (χ3v) is 4.40. The number of alkyl halides is 2. The smallest absolute Gasteiger partial charge is 0.267 e. The number of hydrogen-bond acceptors (Lipinski definition) is 2. The molecule has 6 heteroatoms. The number of nitrogens with zero attached hydrogens (tertiary/aromatic N) is 2. The molecule has 0 saturated heterocycles. The van der Waals surface area contributed by atoms with Crippen LogP contribution in [0.4, 0.5) is 8.78 Å². The van der Waals surface area contributed by atoms with Gasteiger partial charge in [-0.2, -0.15) is 5.10 Å². The second-order valence-electron chi connectivity index (χ2n) is 5.17. The number of halogens is 3. The van der Waals surface area contributed by atoms with Gasteiger partial charge in [0.05, 0.1) is 11.4 Å². The minimum absolute atomic E-state index is 0.184. The van der Waals surface area contributed by atoms with Gasteiger partial charge in [-0.15, -0.1) is 0 Å². The minimum atomic E-state index is -2.60. The van der Waals surface area contributed by atoms with E-state index >= 15 is 0 Å². The van der Waals surface area contributed by atoms with Gasteiger partial charge in [0.2, 0.25) is 5.92 Å². The van der Waals surface area contributed by atoms with E-state index in [1.54, 1.807) is 12.1 Å². The normalized spacial score (nSPS) is 19.4. The fourth-order valence-electron chi connectivity index (χ4n) is 2.68. The van der Waals surface area contributed by atoms with Crippen LogP contribution < -0.4 is 5.56 Å². The van der Waals surface area contributed by atoms with Gasteiger partial charge in [-0.1, -0.05) is 18.2 Å². The molecule has 1 aliphatic carbocycles. The van der Waals surface area contributed by atoms with Crippen LogP contribution >= 0.6 is 15.9 Å². The standard InChI is InChI=1S/C14H13BrF2N2O/c15-12-10-3-1-2-4-11(10)13(20)19(18-12)9-5-7-14(16,17)8-6-9/h1-4,9H,5-8H2. The molecule has 0 radical (unpaired) electrons. The molecule has 1 heterocycles. The van der Waals surface area contributed by atoms with Gasteiger partial charge in [0.15, 0.2) is 0 Å². The van der Waals surface area contributed by atoms with Crippen LogP contribution in [0.2, 0.25) is 0 Å². The maximum Gasteiger partial charge on any atom is 0.274 e. The van der Waals surface area contributed by atoms with E-state index in [2.05, 4.69) is 21.0 Å². The average Bonchev–Trinajstić information content (AvgIpc) is 2.43. The SMILES string of the molecule is O=c1c2ccccc2c(Br)nn1C1CCC(F)(F)CC1. The van der Waals surface area contributed by atoms with Crippen molar-refractivity contribution in [3.8, 4) is 0 Å². The number of fused-ring (bicyclic) bond motifs is 1. The van der Waals surface area contributed by atoms with E-state index in [1.807, 2.05) is 12.1 Å². The Balaban J connectivity index is 2.05. The van der Waals surface area contributed by atoms with Gasteiger partial charge in [-0.3, -0.25) is 4.79 Å². The van der Waals surface area contributed by atoms with Gasteiger partial charge < -0.3 is 0 Å². The molecule has 0 spiro atoms. The van der Waals surface area contributed by atoms with Crippen molar-refractivity contribution in [2.75, 3.05) is 0 Å². The van der Waals surface area contributed by atoms with Crippen LogP contribution in [0.5, 0.6) is 0 Å². The zero-order valence-corrected chi connectivity index (χ0v) is 12.2. The molecule has 2 aromatic rings. The number of rotatable bonds is 1. The van der Waals surface area contributed by atoms with Crippen molar-refractivity contribution in [3.63, 3.8) is 0 Å². The summed E-state index contributed by atoms with van der Waals surface area (Å²) in [4.78, 5) is 12.4. The van der Waals surface area contributed by atoms with Crippen LogP contribution in [0.3, 0.4) is 0 Å².